The van der Waals surface area contributed by atoms with Crippen LogP contribution in [0.2, 0.25) is 0 Å². The van der Waals surface area contributed by atoms with Gasteiger partial charge in [-0.25, -0.2) is 0 Å². The molecule has 4 nitrogen and oxygen atoms in total. The summed E-state index contributed by atoms with van der Waals surface area (Å²) in [4.78, 5) is 13.7. The molecule has 3 aromatic carbocycles. The molecular weight excluding hydrogens is 362 g/mol. The van der Waals surface area contributed by atoms with Crippen LogP contribution in [0.3, 0.4) is 0 Å². The van der Waals surface area contributed by atoms with Crippen LogP contribution in [-0.4, -0.2) is 25.6 Å². The molecule has 0 aliphatic rings. The number of hydrogen-bond donors (Lipinski definition) is 2. The van der Waals surface area contributed by atoms with E-state index in [1.54, 1.807) is 12.1 Å². The second-order valence-electron chi connectivity index (χ2n) is 6.78. The number of ether oxygens (including phenoxy) is 1. The summed E-state index contributed by atoms with van der Waals surface area (Å²) < 4.78 is 28.8. The van der Waals surface area contributed by atoms with E-state index in [2.05, 4.69) is 10.1 Å². The minimum absolute atomic E-state index is 0.0773. The minimum atomic E-state index is -2.84. The number of carbonyl (C=O) groups is 1. The van der Waals surface area contributed by atoms with Crippen LogP contribution in [0.25, 0.3) is 10.8 Å². The van der Waals surface area contributed by atoms with E-state index in [-0.39, 0.29) is 17.7 Å². The van der Waals surface area contributed by atoms with E-state index in [0.717, 1.165) is 26.9 Å². The predicted molar refractivity (Wildman–Crippen MR) is 106 cm³/mol. The molecule has 146 valence electrons. The van der Waals surface area contributed by atoms with Crippen LogP contribution in [-0.2, 0) is 11.3 Å². The molecule has 1 amide bonds. The zero-order valence-corrected chi connectivity index (χ0v) is 15.8. The Hall–Kier alpha value is -2.99. The molecular formula is C22H23F2N2O2+. The Balaban J connectivity index is 1.64. The number of benzene rings is 3. The molecule has 0 radical (unpaired) electrons. The van der Waals surface area contributed by atoms with Crippen LogP contribution in [0.5, 0.6) is 5.75 Å². The van der Waals surface area contributed by atoms with E-state index >= 15 is 0 Å². The zero-order valence-electron chi connectivity index (χ0n) is 15.8. The first-order valence-corrected chi connectivity index (χ1v) is 9.08. The fraction of sp³-hybridized carbons (Fsp3) is 0.227. The molecule has 0 aliphatic heterocycles. The molecule has 0 fully saturated rings. The fourth-order valence-electron chi connectivity index (χ4n) is 3.06. The molecule has 0 spiro atoms. The first-order chi connectivity index (χ1) is 13.4. The number of hydrogen-bond acceptors (Lipinski definition) is 2. The minimum Gasteiger partial charge on any atom is -0.435 e. The third-order valence-electron chi connectivity index (χ3n) is 4.81. The Kier molecular flexibility index (Phi) is 6.21. The van der Waals surface area contributed by atoms with Crippen molar-refractivity contribution in [2.75, 3.05) is 12.4 Å². The van der Waals surface area contributed by atoms with Crippen molar-refractivity contribution in [2.45, 2.75) is 26.1 Å². The molecule has 3 rings (SSSR count). The third kappa shape index (κ3) is 4.84. The van der Waals surface area contributed by atoms with Crippen LogP contribution >= 0.6 is 0 Å². The lowest BCUT2D eigenvalue weighted by Gasteiger charge is -2.21. The number of carbonyl (C=O) groups excluding carboxylic acids is 1. The molecule has 0 saturated carbocycles. The maximum atomic E-state index is 12.7. The fourth-order valence-corrected chi connectivity index (χ4v) is 3.06. The Morgan fingerprint density at radius 2 is 1.71 bits per heavy atom. The van der Waals surface area contributed by atoms with E-state index in [4.69, 9.17) is 0 Å². The molecule has 28 heavy (non-hydrogen) atoms. The van der Waals surface area contributed by atoms with Crippen molar-refractivity contribution in [3.63, 3.8) is 0 Å². The second-order valence-corrected chi connectivity index (χ2v) is 6.78. The van der Waals surface area contributed by atoms with Crippen molar-refractivity contribution < 1.29 is 23.2 Å². The first-order valence-electron chi connectivity index (χ1n) is 9.08. The summed E-state index contributed by atoms with van der Waals surface area (Å²) in [7, 11) is 1.93. The monoisotopic (exact) mass is 385 g/mol. The van der Waals surface area contributed by atoms with E-state index in [1.165, 1.54) is 12.1 Å². The van der Waals surface area contributed by atoms with Gasteiger partial charge in [0, 0.05) is 16.6 Å². The summed E-state index contributed by atoms with van der Waals surface area (Å²) in [6.07, 6.45) is 0. The lowest BCUT2D eigenvalue weighted by molar-refractivity contribution is -0.907. The van der Waals surface area contributed by atoms with Crippen LogP contribution in [0.15, 0.2) is 66.7 Å². The number of rotatable bonds is 7. The van der Waals surface area contributed by atoms with Gasteiger partial charge < -0.3 is 15.0 Å². The molecule has 6 heteroatoms. The molecule has 0 heterocycles. The van der Waals surface area contributed by atoms with Gasteiger partial charge in [-0.15, -0.1) is 0 Å². The van der Waals surface area contributed by atoms with Crippen molar-refractivity contribution >= 4 is 22.4 Å². The van der Waals surface area contributed by atoms with Gasteiger partial charge in [-0.3, -0.25) is 4.79 Å². The van der Waals surface area contributed by atoms with Crippen molar-refractivity contribution in [3.05, 3.63) is 72.3 Å². The average molecular weight is 385 g/mol. The van der Waals surface area contributed by atoms with Gasteiger partial charge in [0.15, 0.2) is 6.04 Å². The van der Waals surface area contributed by atoms with Gasteiger partial charge in [0.05, 0.1) is 7.05 Å². The molecule has 2 atom stereocenters. The standard InChI is InChI=1S/C22H22F2N2O2/c1-15(26(2)14-16-10-12-18(13-11-16)28-22(23)24)21(27)25-20-9-5-7-17-6-3-4-8-19(17)20/h3-13,15,22H,14H2,1-2H3,(H,25,27)/p+1/t15-/m0/s1. The van der Waals surface area contributed by atoms with Gasteiger partial charge >= 0.3 is 6.61 Å². The Labute approximate surface area is 162 Å². The highest BCUT2D eigenvalue weighted by Crippen LogP contribution is 2.23. The lowest BCUT2D eigenvalue weighted by atomic mass is 10.1. The first kappa shape index (κ1) is 19.8. The number of amides is 1. The van der Waals surface area contributed by atoms with Gasteiger partial charge in [-0.2, -0.15) is 8.78 Å². The van der Waals surface area contributed by atoms with E-state index in [9.17, 15) is 13.6 Å². The summed E-state index contributed by atoms with van der Waals surface area (Å²) >= 11 is 0. The molecule has 1 unspecified atom stereocenters. The summed E-state index contributed by atoms with van der Waals surface area (Å²) in [5.41, 5.74) is 1.72. The molecule has 0 bridgehead atoms. The van der Waals surface area contributed by atoms with Gasteiger partial charge in [-0.05, 0) is 42.6 Å². The number of alkyl halides is 2. The number of anilines is 1. The summed E-state index contributed by atoms with van der Waals surface area (Å²) in [6.45, 7) is -0.389. The van der Waals surface area contributed by atoms with Gasteiger partial charge in [-0.1, -0.05) is 36.4 Å². The predicted octanol–water partition coefficient (Wildman–Crippen LogP) is 3.48. The molecule has 2 N–H and O–H groups in total. The number of nitrogens with one attached hydrogen (secondary N) is 2. The summed E-state index contributed by atoms with van der Waals surface area (Å²) in [6, 6.07) is 19.9. The lowest BCUT2D eigenvalue weighted by Crippen LogP contribution is -3.12. The zero-order chi connectivity index (χ0) is 20.1. The number of likely N-dealkylation sites (N-methyl/N-ethyl adjacent to an activating group) is 1. The van der Waals surface area contributed by atoms with Gasteiger partial charge in [0.1, 0.15) is 12.3 Å². The van der Waals surface area contributed by atoms with Crippen LogP contribution in [0.1, 0.15) is 12.5 Å². The third-order valence-corrected chi connectivity index (χ3v) is 4.81. The van der Waals surface area contributed by atoms with Crippen molar-refractivity contribution in [1.82, 2.24) is 0 Å². The summed E-state index contributed by atoms with van der Waals surface area (Å²) in [5.74, 6) is 0.0460. The van der Waals surface area contributed by atoms with E-state index < -0.39 is 6.61 Å². The maximum absolute atomic E-state index is 12.7. The average Bonchev–Trinajstić information content (AvgIpc) is 2.68. The van der Waals surface area contributed by atoms with Crippen molar-refractivity contribution in [3.8, 4) is 5.75 Å². The van der Waals surface area contributed by atoms with Gasteiger partial charge in [0.25, 0.3) is 5.91 Å². The second kappa shape index (κ2) is 8.80. The Morgan fingerprint density at radius 1 is 1.04 bits per heavy atom. The van der Waals surface area contributed by atoms with Crippen molar-refractivity contribution in [1.29, 1.82) is 0 Å². The number of quaternary nitrogens is 1. The maximum Gasteiger partial charge on any atom is 0.387 e. The topological polar surface area (TPSA) is 42.8 Å². The highest BCUT2D eigenvalue weighted by Gasteiger charge is 2.22. The molecule has 0 saturated heterocycles. The number of halogens is 2. The smallest absolute Gasteiger partial charge is 0.387 e. The van der Waals surface area contributed by atoms with E-state index in [0.29, 0.717) is 6.54 Å². The Morgan fingerprint density at radius 3 is 2.43 bits per heavy atom. The quantitative estimate of drug-likeness (QED) is 0.654. The highest BCUT2D eigenvalue weighted by atomic mass is 19.3. The number of fused-ring (bicyclic) bond motifs is 1. The van der Waals surface area contributed by atoms with Crippen molar-refractivity contribution in [2.24, 2.45) is 0 Å². The highest BCUT2D eigenvalue weighted by molar-refractivity contribution is 6.03. The molecule has 0 aliphatic carbocycles. The van der Waals surface area contributed by atoms with Crippen LogP contribution < -0.4 is 15.0 Å². The largest absolute Gasteiger partial charge is 0.435 e. The SMILES string of the molecule is C[C@@H](C(=O)Nc1cccc2ccccc12)[NH+](C)Cc1ccc(OC(F)F)cc1. The van der Waals surface area contributed by atoms with Crippen LogP contribution in [0, 0.1) is 0 Å². The molecule has 3 aromatic rings. The van der Waals surface area contributed by atoms with Gasteiger partial charge in [0.2, 0.25) is 0 Å². The normalized spacial score (nSPS) is 13.3. The molecule has 0 aromatic heterocycles. The summed E-state index contributed by atoms with van der Waals surface area (Å²) in [5, 5.41) is 5.09. The Bertz CT molecular complexity index is 939. The van der Waals surface area contributed by atoms with E-state index in [1.807, 2.05) is 56.4 Å². The van der Waals surface area contributed by atoms with Crippen LogP contribution in [0.4, 0.5) is 14.5 Å².